The van der Waals surface area contributed by atoms with Crippen molar-refractivity contribution < 1.29 is 0 Å². The van der Waals surface area contributed by atoms with E-state index in [0.29, 0.717) is 0 Å². The van der Waals surface area contributed by atoms with Crippen LogP contribution in [0, 0.1) is 0 Å². The Balaban J connectivity index is 0.000000103. The molecule has 4 heteroatoms. The lowest BCUT2D eigenvalue weighted by molar-refractivity contribution is 1.01. The lowest BCUT2D eigenvalue weighted by Gasteiger charge is -2.04. The summed E-state index contributed by atoms with van der Waals surface area (Å²) in [7, 11) is 8.58. The van der Waals surface area contributed by atoms with Crippen molar-refractivity contribution in [3.05, 3.63) is 340 Å². The van der Waals surface area contributed by atoms with Crippen LogP contribution in [0.15, 0.2) is 340 Å². The monoisotopic (exact) mass is 1180 g/mol. The molecular weight excluding hydrogens is 1110 g/mol. The molecule has 0 spiro atoms. The number of fused-ring (bicyclic) bond motifs is 12. The third kappa shape index (κ3) is 10.8. The Morgan fingerprint density at radius 2 is 0.315 bits per heavy atom. The van der Waals surface area contributed by atoms with Crippen molar-refractivity contribution in [2.45, 2.75) is 0 Å². The maximum atomic E-state index is 2.32. The van der Waals surface area contributed by atoms with Crippen LogP contribution in [-0.4, -0.2) is 18.3 Å². The molecule has 0 aliphatic rings. The van der Waals surface area contributed by atoms with Gasteiger partial charge in [0.2, 0.25) is 0 Å². The average molecular weight is 1180 g/mol. The molecule has 0 unspecified atom stereocenters. The standard InChI is InChI=1S/2C25H19N.2C19H15N/c1-26-24-14-12-20(18-8-4-2-5-9-18)16-22(24)23-17-21(13-15-25(23)26)19-10-6-3-7-11-19;1-26-24-16-20(18-8-4-2-5-9-18)12-14-22(24)23-15-13-21(17-25(23)26)19-10-6-3-7-11-19;1-20-18-10-6-5-9-16(18)17-13-15(11-12-19(17)20)14-7-3-2-4-8-14;1-20-18-10-6-5-9-16(18)17-12-11-15(13-19(17)20)14-7-3-2-4-8-14/h2*2-17H,1H3;2*2-13H,1H3. The van der Waals surface area contributed by atoms with E-state index < -0.39 is 0 Å². The van der Waals surface area contributed by atoms with Gasteiger partial charge < -0.3 is 18.3 Å². The van der Waals surface area contributed by atoms with Crippen LogP contribution < -0.4 is 0 Å². The highest BCUT2D eigenvalue weighted by atomic mass is 15.0. The number of hydrogen-bond acceptors (Lipinski definition) is 0. The number of aromatic nitrogens is 4. The summed E-state index contributed by atoms with van der Waals surface area (Å²) in [6.45, 7) is 0. The number of para-hydroxylation sites is 2. The molecule has 0 saturated carbocycles. The zero-order chi connectivity index (χ0) is 62.1. The zero-order valence-electron chi connectivity index (χ0n) is 52.1. The number of hydrogen-bond donors (Lipinski definition) is 0. The predicted molar refractivity (Wildman–Crippen MR) is 394 cm³/mol. The molecule has 4 aromatic heterocycles. The first kappa shape index (κ1) is 56.8. The molecule has 4 heterocycles. The van der Waals surface area contributed by atoms with Crippen LogP contribution in [0.3, 0.4) is 0 Å². The molecule has 92 heavy (non-hydrogen) atoms. The highest BCUT2D eigenvalue weighted by molar-refractivity contribution is 6.13. The summed E-state index contributed by atoms with van der Waals surface area (Å²) in [5, 5.41) is 10.5. The van der Waals surface area contributed by atoms with Gasteiger partial charge in [0.1, 0.15) is 0 Å². The van der Waals surface area contributed by atoms with Crippen LogP contribution >= 0.6 is 0 Å². The van der Waals surface area contributed by atoms with E-state index in [0.717, 1.165) is 0 Å². The van der Waals surface area contributed by atoms with Gasteiger partial charge >= 0.3 is 0 Å². The lowest BCUT2D eigenvalue weighted by Crippen LogP contribution is -1.88. The predicted octanol–water partition coefficient (Wildman–Crippen LogP) is 23.3. The maximum Gasteiger partial charge on any atom is 0.0494 e. The molecule has 14 aromatic carbocycles. The molecular formula is C88H68N4. The molecule has 0 radical (unpaired) electrons. The largest absolute Gasteiger partial charge is 0.344 e. The molecule has 0 atom stereocenters. The molecule has 18 rings (SSSR count). The van der Waals surface area contributed by atoms with E-state index in [1.807, 2.05) is 0 Å². The first-order valence-electron chi connectivity index (χ1n) is 31.6. The Kier molecular flexibility index (Phi) is 15.2. The van der Waals surface area contributed by atoms with Crippen molar-refractivity contribution in [2.24, 2.45) is 28.2 Å². The first-order valence-corrected chi connectivity index (χ1v) is 31.6. The fourth-order valence-electron chi connectivity index (χ4n) is 13.6. The van der Waals surface area contributed by atoms with Gasteiger partial charge in [-0.2, -0.15) is 0 Å². The summed E-state index contributed by atoms with van der Waals surface area (Å²) >= 11 is 0. The van der Waals surface area contributed by atoms with E-state index in [2.05, 4.69) is 386 Å². The van der Waals surface area contributed by atoms with Crippen molar-refractivity contribution >= 4 is 87.2 Å². The van der Waals surface area contributed by atoms with E-state index in [-0.39, 0.29) is 0 Å². The second-order valence-corrected chi connectivity index (χ2v) is 23.9. The third-order valence-corrected chi connectivity index (χ3v) is 18.5. The van der Waals surface area contributed by atoms with E-state index >= 15 is 0 Å². The molecule has 18 aromatic rings. The summed E-state index contributed by atoms with van der Waals surface area (Å²) in [5.41, 5.74) is 25.3. The van der Waals surface area contributed by atoms with Crippen molar-refractivity contribution in [3.63, 3.8) is 0 Å². The Bertz CT molecular complexity index is 5440. The summed E-state index contributed by atoms with van der Waals surface area (Å²) < 4.78 is 9.13. The highest BCUT2D eigenvalue weighted by Crippen LogP contribution is 2.38. The van der Waals surface area contributed by atoms with Crippen LogP contribution in [0.1, 0.15) is 0 Å². The van der Waals surface area contributed by atoms with Gasteiger partial charge in [-0.3, -0.25) is 0 Å². The second kappa shape index (κ2) is 24.7. The molecule has 0 N–H and O–H groups in total. The first-order chi connectivity index (χ1) is 45.3. The highest BCUT2D eigenvalue weighted by Gasteiger charge is 2.15. The summed E-state index contributed by atoms with van der Waals surface area (Å²) in [6.07, 6.45) is 0. The van der Waals surface area contributed by atoms with Crippen molar-refractivity contribution in [1.82, 2.24) is 18.3 Å². The summed E-state index contributed by atoms with van der Waals surface area (Å²) in [5.74, 6) is 0. The van der Waals surface area contributed by atoms with Crippen molar-refractivity contribution in [2.75, 3.05) is 0 Å². The van der Waals surface area contributed by atoms with Crippen molar-refractivity contribution in [1.29, 1.82) is 0 Å². The van der Waals surface area contributed by atoms with Gasteiger partial charge in [-0.1, -0.05) is 273 Å². The fraction of sp³-hybridized carbons (Fsp3) is 0.0455. The number of benzene rings is 14. The van der Waals surface area contributed by atoms with Gasteiger partial charge in [0.05, 0.1) is 0 Å². The topological polar surface area (TPSA) is 19.7 Å². The van der Waals surface area contributed by atoms with E-state index in [1.165, 1.54) is 154 Å². The van der Waals surface area contributed by atoms with Gasteiger partial charge in [-0.05, 0) is 133 Å². The van der Waals surface area contributed by atoms with Gasteiger partial charge in [0.15, 0.2) is 0 Å². The number of nitrogens with zero attached hydrogens (tertiary/aromatic N) is 4. The molecule has 0 saturated heterocycles. The van der Waals surface area contributed by atoms with Crippen LogP contribution in [0.25, 0.3) is 154 Å². The molecule has 0 aliphatic heterocycles. The molecule has 440 valence electrons. The Morgan fingerprint density at radius 1 is 0.130 bits per heavy atom. The smallest absolute Gasteiger partial charge is 0.0494 e. The van der Waals surface area contributed by atoms with Crippen LogP contribution in [0.5, 0.6) is 0 Å². The number of rotatable bonds is 6. The zero-order valence-corrected chi connectivity index (χ0v) is 52.1. The van der Waals surface area contributed by atoms with Crippen LogP contribution in [-0.2, 0) is 28.2 Å². The summed E-state index contributed by atoms with van der Waals surface area (Å²) in [4.78, 5) is 0. The molecule has 4 nitrogen and oxygen atoms in total. The molecule has 0 amide bonds. The molecule has 0 bridgehead atoms. The van der Waals surface area contributed by atoms with E-state index in [9.17, 15) is 0 Å². The third-order valence-electron chi connectivity index (χ3n) is 18.5. The lowest BCUT2D eigenvalue weighted by atomic mass is 10.0. The normalized spacial score (nSPS) is 11.3. The van der Waals surface area contributed by atoms with Gasteiger partial charge in [-0.15, -0.1) is 0 Å². The van der Waals surface area contributed by atoms with E-state index in [4.69, 9.17) is 0 Å². The van der Waals surface area contributed by atoms with Gasteiger partial charge in [-0.25, -0.2) is 0 Å². The van der Waals surface area contributed by atoms with Crippen LogP contribution in [0.4, 0.5) is 0 Å². The number of aryl methyl sites for hydroxylation is 4. The second-order valence-electron chi connectivity index (χ2n) is 23.9. The fourth-order valence-corrected chi connectivity index (χ4v) is 13.6. The summed E-state index contributed by atoms with van der Waals surface area (Å²) in [6, 6.07) is 121. The van der Waals surface area contributed by atoms with Gasteiger partial charge in [0, 0.05) is 115 Å². The van der Waals surface area contributed by atoms with Gasteiger partial charge in [0.25, 0.3) is 0 Å². The Labute approximate surface area is 537 Å². The van der Waals surface area contributed by atoms with E-state index in [1.54, 1.807) is 0 Å². The Hall–Kier alpha value is -11.7. The maximum absolute atomic E-state index is 2.32. The minimum Gasteiger partial charge on any atom is -0.344 e. The van der Waals surface area contributed by atoms with Crippen LogP contribution in [0.2, 0.25) is 0 Å². The van der Waals surface area contributed by atoms with Crippen molar-refractivity contribution in [3.8, 4) is 66.8 Å². The quantitative estimate of drug-likeness (QED) is 0.158. The minimum atomic E-state index is 1.25. The molecule has 0 fully saturated rings. The minimum absolute atomic E-state index is 1.25. The Morgan fingerprint density at radius 3 is 0.609 bits per heavy atom. The SMILES string of the molecule is Cn1c2cc(-c3ccccc3)ccc2c2ccc(-c3ccccc3)cc21.Cn1c2ccc(-c3ccccc3)cc2c2cc(-c3ccccc3)ccc21.Cn1c2ccccc2c2cc(-c3ccccc3)ccc21.Cn1c2ccccc2c2ccc(-c3ccccc3)cc21. The average Bonchev–Trinajstić information content (AvgIpc) is 1.81. The molecule has 0 aliphatic carbocycles.